The van der Waals surface area contributed by atoms with Crippen LogP contribution in [0.25, 0.3) is 0 Å². The zero-order chi connectivity index (χ0) is 23.6. The van der Waals surface area contributed by atoms with E-state index in [4.69, 9.17) is 0 Å². The Balaban J connectivity index is 2.77. The lowest BCUT2D eigenvalue weighted by Gasteiger charge is -2.26. The van der Waals surface area contributed by atoms with Crippen molar-refractivity contribution < 1.29 is 19.6 Å². The summed E-state index contributed by atoms with van der Waals surface area (Å²) in [5.74, 6) is 0.790. The molecule has 0 bridgehead atoms. The number of rotatable bonds is 8. The summed E-state index contributed by atoms with van der Waals surface area (Å²) >= 11 is 1.69. The van der Waals surface area contributed by atoms with E-state index < -0.39 is 16.8 Å². The van der Waals surface area contributed by atoms with Crippen LogP contribution < -0.4 is 10.6 Å². The lowest BCUT2D eigenvalue weighted by molar-refractivity contribution is 0.494. The highest BCUT2D eigenvalue weighted by Crippen LogP contribution is 2.45. The molecule has 0 unspecified atom stereocenters. The number of hydrogen-bond donors (Lipinski definition) is 4. The first-order valence-electron chi connectivity index (χ1n) is 10.8. The largest absolute Gasteiger partial charge is 0.347 e. The van der Waals surface area contributed by atoms with E-state index >= 15 is 0 Å². The molecule has 0 aliphatic carbocycles. The van der Waals surface area contributed by atoms with Crippen LogP contribution in [-0.2, 0) is 0 Å². The minimum Gasteiger partial charge on any atom is -0.347 e. The summed E-state index contributed by atoms with van der Waals surface area (Å²) in [5, 5.41) is 1.26. The van der Waals surface area contributed by atoms with Crippen molar-refractivity contribution in [2.24, 2.45) is 0 Å². The van der Waals surface area contributed by atoms with Gasteiger partial charge in [0.2, 0.25) is 0 Å². The zero-order valence-corrected chi connectivity index (χ0v) is 22.3. The van der Waals surface area contributed by atoms with Crippen LogP contribution in [0, 0.1) is 0 Å². The highest BCUT2D eigenvalue weighted by atomic mass is 32.2. The first kappa shape index (κ1) is 26.7. The fourth-order valence-corrected chi connectivity index (χ4v) is 7.28. The molecule has 2 rings (SSSR count). The molecule has 0 radical (unpaired) electrons. The van der Waals surface area contributed by atoms with Gasteiger partial charge in [-0.15, -0.1) is 0 Å². The lowest BCUT2D eigenvalue weighted by atomic mass is 9.90. The Morgan fingerprint density at radius 1 is 0.516 bits per heavy atom. The van der Waals surface area contributed by atoms with Crippen molar-refractivity contribution in [3.8, 4) is 0 Å². The maximum Gasteiger partial charge on any atom is 0.199 e. The third kappa shape index (κ3) is 5.89. The van der Waals surface area contributed by atoms with E-state index in [1.165, 1.54) is 0 Å². The molecule has 31 heavy (non-hydrogen) atoms. The number of hydrogen-bond acceptors (Lipinski definition) is 5. The molecule has 0 atom stereocenters. The first-order valence-corrected chi connectivity index (χ1v) is 14.1. The molecule has 2 aromatic carbocycles. The highest BCUT2D eigenvalue weighted by Gasteiger charge is 2.26. The average Bonchev–Trinajstić information content (AvgIpc) is 2.65. The zero-order valence-electron chi connectivity index (χ0n) is 19.7. The SMILES string of the molecule is CC(C)c1c(Sc2ccc(P(O)O)c(C(C)C)c2C(C)C)ccc(P(O)O)c1C(C)C. The minimum atomic E-state index is -2.17. The second-order valence-electron chi connectivity index (χ2n) is 9.12. The monoisotopic (exact) mass is 482 g/mol. The smallest absolute Gasteiger partial charge is 0.199 e. The molecule has 0 saturated carbocycles. The van der Waals surface area contributed by atoms with Gasteiger partial charge in [0.25, 0.3) is 0 Å². The molecular formula is C24H36O4P2S. The van der Waals surface area contributed by atoms with Crippen molar-refractivity contribution in [1.29, 1.82) is 0 Å². The molecule has 0 spiro atoms. The van der Waals surface area contributed by atoms with E-state index in [2.05, 4.69) is 55.4 Å². The summed E-state index contributed by atoms with van der Waals surface area (Å²) in [5.41, 5.74) is 4.36. The first-order chi connectivity index (χ1) is 14.4. The molecular weight excluding hydrogens is 446 g/mol. The van der Waals surface area contributed by atoms with Crippen molar-refractivity contribution in [1.82, 2.24) is 0 Å². The molecule has 172 valence electrons. The van der Waals surface area contributed by atoms with Gasteiger partial charge in [-0.3, -0.25) is 0 Å². The molecule has 0 aliphatic heterocycles. The molecule has 0 saturated heterocycles. The van der Waals surface area contributed by atoms with E-state index in [9.17, 15) is 19.6 Å². The number of benzene rings is 2. The molecule has 0 aliphatic rings. The van der Waals surface area contributed by atoms with Gasteiger partial charge >= 0.3 is 0 Å². The van der Waals surface area contributed by atoms with Crippen LogP contribution in [0.15, 0.2) is 34.1 Å². The fraction of sp³-hybridized carbons (Fsp3) is 0.500. The van der Waals surface area contributed by atoms with E-state index in [-0.39, 0.29) is 23.7 Å². The van der Waals surface area contributed by atoms with Crippen LogP contribution in [0.2, 0.25) is 0 Å². The predicted octanol–water partition coefficient (Wildman–Crippen LogP) is 6.18. The van der Waals surface area contributed by atoms with E-state index in [1.54, 1.807) is 11.8 Å². The highest BCUT2D eigenvalue weighted by molar-refractivity contribution is 7.99. The average molecular weight is 483 g/mol. The summed E-state index contributed by atoms with van der Waals surface area (Å²) in [6.07, 6.45) is 0. The standard InChI is InChI=1S/C24H36O4P2S/c1-13(2)21-17(29(25)26)9-11-19(23(21)15(5)6)31-20-12-10-18(30(27)28)22(14(3)4)24(20)16(7)8/h9-16,25-28H,1-8H3. The third-order valence-electron chi connectivity index (χ3n) is 5.41. The lowest BCUT2D eigenvalue weighted by Crippen LogP contribution is -2.16. The van der Waals surface area contributed by atoms with Crippen LogP contribution in [-0.4, -0.2) is 19.6 Å². The Bertz CT molecular complexity index is 835. The van der Waals surface area contributed by atoms with Gasteiger partial charge < -0.3 is 19.6 Å². The summed E-state index contributed by atoms with van der Waals surface area (Å²) in [4.78, 5) is 42.2. The van der Waals surface area contributed by atoms with Gasteiger partial charge in [0.05, 0.1) is 0 Å². The van der Waals surface area contributed by atoms with Gasteiger partial charge in [-0.2, -0.15) is 0 Å². The predicted molar refractivity (Wildman–Crippen MR) is 135 cm³/mol. The van der Waals surface area contributed by atoms with Gasteiger partial charge in [0, 0.05) is 20.4 Å². The quantitative estimate of drug-likeness (QED) is 0.338. The van der Waals surface area contributed by atoms with Crippen molar-refractivity contribution in [3.63, 3.8) is 0 Å². The van der Waals surface area contributed by atoms with Crippen molar-refractivity contribution in [3.05, 3.63) is 46.5 Å². The molecule has 2 aromatic rings. The van der Waals surface area contributed by atoms with Gasteiger partial charge in [-0.25, -0.2) is 0 Å². The summed E-state index contributed by atoms with van der Waals surface area (Å²) in [6.45, 7) is 16.9. The van der Waals surface area contributed by atoms with E-state index in [0.717, 1.165) is 32.0 Å². The van der Waals surface area contributed by atoms with E-state index in [1.807, 2.05) is 24.3 Å². The minimum absolute atomic E-state index is 0.169. The van der Waals surface area contributed by atoms with Crippen LogP contribution in [0.1, 0.15) is 101 Å². The topological polar surface area (TPSA) is 80.9 Å². The van der Waals surface area contributed by atoms with Crippen molar-refractivity contribution >= 4 is 39.1 Å². The second kappa shape index (κ2) is 11.1. The van der Waals surface area contributed by atoms with Crippen LogP contribution >= 0.6 is 28.5 Å². The van der Waals surface area contributed by atoms with Crippen LogP contribution in [0.5, 0.6) is 0 Å². The second-order valence-corrected chi connectivity index (χ2v) is 12.3. The Labute approximate surface area is 194 Å². The van der Waals surface area contributed by atoms with Gasteiger partial charge in [0.1, 0.15) is 0 Å². The Kier molecular flexibility index (Phi) is 9.55. The maximum absolute atomic E-state index is 10.0. The molecule has 7 heteroatoms. The van der Waals surface area contributed by atoms with Crippen LogP contribution in [0.4, 0.5) is 0 Å². The maximum atomic E-state index is 10.0. The summed E-state index contributed by atoms with van der Waals surface area (Å²) < 4.78 is 0. The summed E-state index contributed by atoms with van der Waals surface area (Å²) in [7, 11) is -4.33. The molecule has 0 heterocycles. The van der Waals surface area contributed by atoms with E-state index in [0.29, 0.717) is 10.6 Å². The van der Waals surface area contributed by atoms with Crippen molar-refractivity contribution in [2.45, 2.75) is 88.9 Å². The molecule has 0 amide bonds. The molecule has 0 aromatic heterocycles. The van der Waals surface area contributed by atoms with Crippen molar-refractivity contribution in [2.75, 3.05) is 0 Å². The normalized spacial score (nSPS) is 12.5. The molecule has 0 fully saturated rings. The van der Waals surface area contributed by atoms with Gasteiger partial charge in [-0.1, -0.05) is 67.2 Å². The summed E-state index contributed by atoms with van der Waals surface area (Å²) in [6, 6.07) is 7.70. The molecule has 4 N–H and O–H groups in total. The fourth-order valence-electron chi connectivity index (χ4n) is 4.26. The molecule has 4 nitrogen and oxygen atoms in total. The third-order valence-corrected chi connectivity index (χ3v) is 8.20. The Hall–Kier alpha value is -0.510. The van der Waals surface area contributed by atoms with Crippen LogP contribution in [0.3, 0.4) is 0 Å². The van der Waals surface area contributed by atoms with Gasteiger partial charge in [-0.05, 0) is 70.2 Å². The van der Waals surface area contributed by atoms with Gasteiger partial charge in [0.15, 0.2) is 16.8 Å². The Morgan fingerprint density at radius 3 is 1.03 bits per heavy atom. The Morgan fingerprint density at radius 2 is 0.806 bits per heavy atom.